The molecule has 3 aromatic rings. The second-order valence-corrected chi connectivity index (χ2v) is 7.64. The van der Waals surface area contributed by atoms with Gasteiger partial charge in [-0.2, -0.15) is 15.0 Å². The van der Waals surface area contributed by atoms with E-state index >= 15 is 0 Å². The number of benzene rings is 2. The van der Waals surface area contributed by atoms with Crippen molar-refractivity contribution < 1.29 is 19.7 Å². The standard InChI is InChI=1S/C23H26N6O4/c1-16-24-22(27-23(25-16)29-12-10-28(11-13-29)14-15-30)26-18-4-8-20(9-5-18)33-19-6-2-17(3-7-19)21(31)32/h2-9,30H,10-15H2,1H3,(H,31,32)(H,24,25,26,27). The van der Waals surface area contributed by atoms with Gasteiger partial charge in [-0.25, -0.2) is 4.79 Å². The fourth-order valence-electron chi connectivity index (χ4n) is 3.51. The summed E-state index contributed by atoms with van der Waals surface area (Å²) in [6.07, 6.45) is 0. The quantitative estimate of drug-likeness (QED) is 0.471. The fourth-order valence-corrected chi connectivity index (χ4v) is 3.51. The van der Waals surface area contributed by atoms with Crippen LogP contribution in [0.4, 0.5) is 17.6 Å². The number of carboxylic acid groups (broad SMARTS) is 1. The molecule has 33 heavy (non-hydrogen) atoms. The number of aryl methyl sites for hydroxylation is 1. The molecular weight excluding hydrogens is 424 g/mol. The maximum atomic E-state index is 11.0. The number of rotatable bonds is 8. The van der Waals surface area contributed by atoms with E-state index in [1.807, 2.05) is 31.2 Å². The maximum absolute atomic E-state index is 11.0. The molecule has 10 nitrogen and oxygen atoms in total. The van der Waals surface area contributed by atoms with E-state index in [-0.39, 0.29) is 12.2 Å². The van der Waals surface area contributed by atoms with Gasteiger partial charge < -0.3 is 25.2 Å². The number of aromatic nitrogens is 3. The number of carboxylic acids is 1. The molecule has 172 valence electrons. The van der Waals surface area contributed by atoms with Crippen molar-refractivity contribution in [3.63, 3.8) is 0 Å². The van der Waals surface area contributed by atoms with Crippen molar-refractivity contribution >= 4 is 23.6 Å². The number of hydrogen-bond donors (Lipinski definition) is 3. The van der Waals surface area contributed by atoms with E-state index in [4.69, 9.17) is 14.9 Å². The smallest absolute Gasteiger partial charge is 0.335 e. The lowest BCUT2D eigenvalue weighted by molar-refractivity contribution is 0.0697. The van der Waals surface area contributed by atoms with Gasteiger partial charge in [0, 0.05) is 38.4 Å². The second kappa shape index (κ2) is 10.2. The van der Waals surface area contributed by atoms with Gasteiger partial charge in [0.1, 0.15) is 17.3 Å². The summed E-state index contributed by atoms with van der Waals surface area (Å²) >= 11 is 0. The molecule has 0 atom stereocenters. The molecule has 4 rings (SSSR count). The molecule has 2 heterocycles. The summed E-state index contributed by atoms with van der Waals surface area (Å²) in [5.41, 5.74) is 1.01. The summed E-state index contributed by atoms with van der Waals surface area (Å²) in [6.45, 7) is 5.99. The summed E-state index contributed by atoms with van der Waals surface area (Å²) in [6, 6.07) is 13.6. The Labute approximate surface area is 191 Å². The minimum atomic E-state index is -0.974. The topological polar surface area (TPSA) is 124 Å². The van der Waals surface area contributed by atoms with Crippen LogP contribution in [0, 0.1) is 6.92 Å². The molecular formula is C23H26N6O4. The lowest BCUT2D eigenvalue weighted by atomic mass is 10.2. The largest absolute Gasteiger partial charge is 0.478 e. The van der Waals surface area contributed by atoms with Crippen molar-refractivity contribution in [3.05, 3.63) is 59.9 Å². The first kappa shape index (κ1) is 22.4. The van der Waals surface area contributed by atoms with Crippen molar-refractivity contribution in [3.8, 4) is 11.5 Å². The predicted octanol–water partition coefficient (Wildman–Crippen LogP) is 2.53. The number of carbonyl (C=O) groups is 1. The zero-order valence-electron chi connectivity index (χ0n) is 18.3. The van der Waals surface area contributed by atoms with Gasteiger partial charge >= 0.3 is 5.97 Å². The van der Waals surface area contributed by atoms with Crippen LogP contribution < -0.4 is 15.0 Å². The highest BCUT2D eigenvalue weighted by atomic mass is 16.5. The van der Waals surface area contributed by atoms with Gasteiger partial charge in [0.2, 0.25) is 11.9 Å². The number of aromatic carboxylic acids is 1. The molecule has 3 N–H and O–H groups in total. The first-order valence-electron chi connectivity index (χ1n) is 10.7. The Kier molecular flexibility index (Phi) is 6.96. The molecule has 2 aromatic carbocycles. The van der Waals surface area contributed by atoms with E-state index in [0.717, 1.165) is 31.9 Å². The molecule has 0 saturated carbocycles. The van der Waals surface area contributed by atoms with Crippen LogP contribution in [-0.2, 0) is 0 Å². The lowest BCUT2D eigenvalue weighted by Crippen LogP contribution is -2.47. The van der Waals surface area contributed by atoms with E-state index in [0.29, 0.717) is 35.8 Å². The van der Waals surface area contributed by atoms with Crippen LogP contribution in [0.15, 0.2) is 48.5 Å². The molecule has 0 amide bonds. The molecule has 1 saturated heterocycles. The molecule has 0 unspecified atom stereocenters. The van der Waals surface area contributed by atoms with Crippen LogP contribution in [0.1, 0.15) is 16.2 Å². The fraction of sp³-hybridized carbons (Fsp3) is 0.304. The SMILES string of the molecule is Cc1nc(Nc2ccc(Oc3ccc(C(=O)O)cc3)cc2)nc(N2CCN(CCO)CC2)n1. The van der Waals surface area contributed by atoms with Gasteiger partial charge in [-0.3, -0.25) is 4.90 Å². The Morgan fingerprint density at radius 3 is 2.21 bits per heavy atom. The minimum Gasteiger partial charge on any atom is -0.478 e. The molecule has 1 aliphatic rings. The zero-order chi connectivity index (χ0) is 23.2. The molecule has 0 spiro atoms. The molecule has 1 aromatic heterocycles. The minimum absolute atomic E-state index is 0.166. The number of nitrogens with zero attached hydrogens (tertiary/aromatic N) is 5. The van der Waals surface area contributed by atoms with Crippen LogP contribution in [0.5, 0.6) is 11.5 Å². The van der Waals surface area contributed by atoms with E-state index in [1.54, 1.807) is 12.1 Å². The number of aliphatic hydroxyl groups is 1. The molecule has 1 fully saturated rings. The van der Waals surface area contributed by atoms with Crippen LogP contribution in [0.25, 0.3) is 0 Å². The Bertz CT molecular complexity index is 1080. The van der Waals surface area contributed by atoms with Gasteiger partial charge in [0.05, 0.1) is 12.2 Å². The summed E-state index contributed by atoms with van der Waals surface area (Å²) < 4.78 is 5.77. The number of nitrogens with one attached hydrogen (secondary N) is 1. The number of hydrogen-bond acceptors (Lipinski definition) is 9. The molecule has 0 bridgehead atoms. The summed E-state index contributed by atoms with van der Waals surface area (Å²) in [7, 11) is 0. The highest BCUT2D eigenvalue weighted by Crippen LogP contribution is 2.25. The Hall–Kier alpha value is -3.76. The molecule has 1 aliphatic heterocycles. The van der Waals surface area contributed by atoms with Crippen LogP contribution in [-0.4, -0.2) is 75.4 Å². The van der Waals surface area contributed by atoms with Crippen molar-refractivity contribution in [2.45, 2.75) is 6.92 Å². The third-order valence-corrected chi connectivity index (χ3v) is 5.25. The number of ether oxygens (including phenoxy) is 1. The van der Waals surface area contributed by atoms with Gasteiger partial charge in [0.15, 0.2) is 0 Å². The first-order chi connectivity index (χ1) is 16.0. The van der Waals surface area contributed by atoms with Crippen LogP contribution >= 0.6 is 0 Å². The highest BCUT2D eigenvalue weighted by Gasteiger charge is 2.19. The summed E-state index contributed by atoms with van der Waals surface area (Å²) in [4.78, 5) is 28.8. The maximum Gasteiger partial charge on any atom is 0.335 e. The van der Waals surface area contributed by atoms with E-state index in [9.17, 15) is 4.79 Å². The van der Waals surface area contributed by atoms with Crippen molar-refractivity contribution in [1.82, 2.24) is 19.9 Å². The van der Waals surface area contributed by atoms with Gasteiger partial charge in [0.25, 0.3) is 0 Å². The van der Waals surface area contributed by atoms with Gasteiger partial charge in [-0.1, -0.05) is 0 Å². The average Bonchev–Trinajstić information content (AvgIpc) is 2.81. The number of anilines is 3. The van der Waals surface area contributed by atoms with Gasteiger partial charge in [-0.15, -0.1) is 0 Å². The van der Waals surface area contributed by atoms with Crippen LogP contribution in [0.2, 0.25) is 0 Å². The van der Waals surface area contributed by atoms with Crippen LogP contribution in [0.3, 0.4) is 0 Å². The highest BCUT2D eigenvalue weighted by molar-refractivity contribution is 5.87. The molecule has 10 heteroatoms. The average molecular weight is 450 g/mol. The van der Waals surface area contributed by atoms with E-state index in [2.05, 4.69) is 30.1 Å². The third kappa shape index (κ3) is 5.93. The Balaban J connectivity index is 1.39. The number of β-amino-alcohol motifs (C(OH)–C–C–N with tert-alkyl or cyclic N) is 1. The first-order valence-corrected chi connectivity index (χ1v) is 10.7. The van der Waals surface area contributed by atoms with E-state index < -0.39 is 5.97 Å². The summed E-state index contributed by atoms with van der Waals surface area (Å²) in [5.74, 6) is 1.93. The molecule has 0 aliphatic carbocycles. The molecule has 0 radical (unpaired) electrons. The lowest BCUT2D eigenvalue weighted by Gasteiger charge is -2.34. The Morgan fingerprint density at radius 2 is 1.61 bits per heavy atom. The van der Waals surface area contributed by atoms with Gasteiger partial charge in [-0.05, 0) is 55.5 Å². The Morgan fingerprint density at radius 1 is 0.970 bits per heavy atom. The van der Waals surface area contributed by atoms with E-state index in [1.165, 1.54) is 12.1 Å². The predicted molar refractivity (Wildman–Crippen MR) is 124 cm³/mol. The number of piperazine rings is 1. The summed E-state index contributed by atoms with van der Waals surface area (Å²) in [5, 5.41) is 21.3. The second-order valence-electron chi connectivity index (χ2n) is 7.64. The number of aliphatic hydroxyl groups excluding tert-OH is 1. The van der Waals surface area contributed by atoms with Crippen molar-refractivity contribution in [1.29, 1.82) is 0 Å². The normalized spacial score (nSPS) is 14.2. The monoisotopic (exact) mass is 450 g/mol. The van der Waals surface area contributed by atoms with Crippen molar-refractivity contribution in [2.24, 2.45) is 0 Å². The van der Waals surface area contributed by atoms with Crippen molar-refractivity contribution in [2.75, 3.05) is 49.5 Å². The third-order valence-electron chi connectivity index (χ3n) is 5.25. The zero-order valence-corrected chi connectivity index (χ0v) is 18.3.